The molecule has 0 aliphatic heterocycles. The third kappa shape index (κ3) is 4.71. The molecule has 0 amide bonds. The Morgan fingerprint density at radius 3 is 2.64 bits per heavy atom. The van der Waals surface area contributed by atoms with Gasteiger partial charge in [-0.1, -0.05) is 72.8 Å². The van der Waals surface area contributed by atoms with Crippen molar-refractivity contribution < 1.29 is 4.74 Å². The molecule has 1 atom stereocenters. The van der Waals surface area contributed by atoms with Crippen LogP contribution in [0.1, 0.15) is 30.5 Å². The van der Waals surface area contributed by atoms with Gasteiger partial charge in [0, 0.05) is 12.6 Å². The van der Waals surface area contributed by atoms with Gasteiger partial charge in [0.2, 0.25) is 5.88 Å². The number of rotatable bonds is 9. The Balaban J connectivity index is 1.20. The van der Waals surface area contributed by atoms with E-state index in [9.17, 15) is 0 Å². The molecular weight excluding hydrogens is 410 g/mol. The average molecular weight is 438 g/mol. The van der Waals surface area contributed by atoms with Crippen LogP contribution in [0, 0.1) is 0 Å². The van der Waals surface area contributed by atoms with Crippen LogP contribution in [0.5, 0.6) is 5.88 Å². The van der Waals surface area contributed by atoms with Crippen molar-refractivity contribution in [3.8, 4) is 5.88 Å². The number of hydrogen-bond donors (Lipinski definition) is 1. The van der Waals surface area contributed by atoms with Gasteiger partial charge in [0.25, 0.3) is 0 Å². The zero-order valence-corrected chi connectivity index (χ0v) is 18.7. The highest BCUT2D eigenvalue weighted by atomic mass is 16.5. The van der Waals surface area contributed by atoms with Crippen LogP contribution in [0.25, 0.3) is 21.9 Å². The van der Waals surface area contributed by atoms with Crippen LogP contribution in [0.2, 0.25) is 0 Å². The maximum Gasteiger partial charge on any atom is 0.245 e. The van der Waals surface area contributed by atoms with E-state index in [0.29, 0.717) is 18.0 Å². The van der Waals surface area contributed by atoms with E-state index in [2.05, 4.69) is 74.2 Å². The maximum atomic E-state index is 5.92. The number of ether oxygens (including phenoxy) is 1. The molecule has 0 aliphatic rings. The molecule has 6 nitrogen and oxygen atoms in total. The fourth-order valence-corrected chi connectivity index (χ4v) is 4.16. The molecule has 0 unspecified atom stereocenters. The molecule has 0 fully saturated rings. The molecule has 0 bridgehead atoms. The van der Waals surface area contributed by atoms with Crippen molar-refractivity contribution in [2.45, 2.75) is 32.5 Å². The highest BCUT2D eigenvalue weighted by Gasteiger charge is 2.12. The zero-order valence-electron chi connectivity index (χ0n) is 18.7. The molecule has 2 aromatic heterocycles. The molecule has 6 heteroatoms. The second kappa shape index (κ2) is 9.79. The van der Waals surface area contributed by atoms with Gasteiger partial charge in [-0.15, -0.1) is 0 Å². The minimum atomic E-state index is 0.274. The summed E-state index contributed by atoms with van der Waals surface area (Å²) in [6, 6.07) is 25.4. The van der Waals surface area contributed by atoms with Crippen LogP contribution >= 0.6 is 0 Å². The number of aromatic nitrogens is 4. The smallest absolute Gasteiger partial charge is 0.245 e. The molecule has 166 valence electrons. The number of hydrogen-bond acceptors (Lipinski definition) is 5. The summed E-state index contributed by atoms with van der Waals surface area (Å²) in [6.07, 6.45) is 4.33. The van der Waals surface area contributed by atoms with Gasteiger partial charge in [-0.05, 0) is 41.8 Å². The second-order valence-electron chi connectivity index (χ2n) is 8.16. The van der Waals surface area contributed by atoms with Crippen molar-refractivity contribution in [3.63, 3.8) is 0 Å². The van der Waals surface area contributed by atoms with Crippen LogP contribution in [0.4, 0.5) is 0 Å². The van der Waals surface area contributed by atoms with Crippen molar-refractivity contribution >= 4 is 21.9 Å². The quantitative estimate of drug-likeness (QED) is 0.317. The van der Waals surface area contributed by atoms with Crippen molar-refractivity contribution in [1.82, 2.24) is 24.8 Å². The Hall–Kier alpha value is -3.77. The van der Waals surface area contributed by atoms with Crippen molar-refractivity contribution in [3.05, 3.63) is 96.6 Å². The van der Waals surface area contributed by atoms with Gasteiger partial charge in [0.15, 0.2) is 11.2 Å². The maximum absolute atomic E-state index is 5.92. The molecule has 0 aliphatic carbocycles. The fraction of sp³-hybridized carbons (Fsp3) is 0.222. The van der Waals surface area contributed by atoms with Crippen molar-refractivity contribution in [2.75, 3.05) is 6.54 Å². The predicted octanol–water partition coefficient (Wildman–Crippen LogP) is 5.30. The number of aryl methyl sites for hydroxylation is 1. The van der Waals surface area contributed by atoms with Crippen LogP contribution < -0.4 is 10.1 Å². The first kappa shape index (κ1) is 21.1. The number of imidazole rings is 1. The van der Waals surface area contributed by atoms with Gasteiger partial charge in [-0.2, -0.15) is 4.98 Å². The van der Waals surface area contributed by atoms with Gasteiger partial charge in [0.1, 0.15) is 12.9 Å². The standard InChI is InChI=1S/C27H27N5O/c1-20(23-14-7-12-22-11-5-6-13-24(22)23)28-15-8-16-32-19-31-25-26(32)29-18-30-27(25)33-17-21-9-3-2-4-10-21/h2-7,9-14,18-20,28H,8,15-17H2,1H3/t20-/m1/s1. The summed E-state index contributed by atoms with van der Waals surface area (Å²) in [5.41, 5.74) is 3.92. The molecule has 0 radical (unpaired) electrons. The fourth-order valence-electron chi connectivity index (χ4n) is 4.16. The molecule has 3 aromatic carbocycles. The summed E-state index contributed by atoms with van der Waals surface area (Å²) in [5.74, 6) is 0.519. The second-order valence-corrected chi connectivity index (χ2v) is 8.16. The van der Waals surface area contributed by atoms with E-state index in [4.69, 9.17) is 4.74 Å². The van der Waals surface area contributed by atoms with E-state index < -0.39 is 0 Å². The van der Waals surface area contributed by atoms with Gasteiger partial charge in [0.05, 0.1) is 6.33 Å². The van der Waals surface area contributed by atoms with Crippen LogP contribution in [-0.2, 0) is 13.2 Å². The van der Waals surface area contributed by atoms with E-state index >= 15 is 0 Å². The lowest BCUT2D eigenvalue weighted by atomic mass is 10.00. The van der Waals surface area contributed by atoms with Gasteiger partial charge in [-0.3, -0.25) is 0 Å². The third-order valence-corrected chi connectivity index (χ3v) is 5.90. The van der Waals surface area contributed by atoms with E-state index in [1.165, 1.54) is 16.3 Å². The van der Waals surface area contributed by atoms with Crippen LogP contribution in [0.15, 0.2) is 85.5 Å². The Morgan fingerprint density at radius 1 is 0.909 bits per heavy atom. The highest BCUT2D eigenvalue weighted by molar-refractivity contribution is 5.86. The molecule has 5 rings (SSSR count). The Kier molecular flexibility index (Phi) is 6.26. The highest BCUT2D eigenvalue weighted by Crippen LogP contribution is 2.24. The Labute approximate surface area is 193 Å². The molecule has 0 saturated heterocycles. The third-order valence-electron chi connectivity index (χ3n) is 5.90. The topological polar surface area (TPSA) is 64.9 Å². The molecule has 0 spiro atoms. The Morgan fingerprint density at radius 2 is 1.73 bits per heavy atom. The molecule has 1 N–H and O–H groups in total. The normalized spacial score (nSPS) is 12.3. The summed E-state index contributed by atoms with van der Waals surface area (Å²) in [7, 11) is 0. The summed E-state index contributed by atoms with van der Waals surface area (Å²) in [5, 5.41) is 6.24. The molecule has 2 heterocycles. The van der Waals surface area contributed by atoms with Gasteiger partial charge >= 0.3 is 0 Å². The first-order chi connectivity index (χ1) is 16.3. The number of nitrogens with zero attached hydrogens (tertiary/aromatic N) is 4. The Bertz CT molecular complexity index is 1340. The minimum Gasteiger partial charge on any atom is -0.471 e. The summed E-state index contributed by atoms with van der Waals surface area (Å²) < 4.78 is 7.99. The summed E-state index contributed by atoms with van der Waals surface area (Å²) in [4.78, 5) is 13.3. The molecule has 0 saturated carbocycles. The lowest BCUT2D eigenvalue weighted by molar-refractivity contribution is 0.297. The summed E-state index contributed by atoms with van der Waals surface area (Å²) in [6.45, 7) is 4.39. The first-order valence-electron chi connectivity index (χ1n) is 11.3. The van der Waals surface area contributed by atoms with E-state index in [-0.39, 0.29) is 6.04 Å². The lowest BCUT2D eigenvalue weighted by Gasteiger charge is -2.16. The van der Waals surface area contributed by atoms with Gasteiger partial charge < -0.3 is 14.6 Å². The lowest BCUT2D eigenvalue weighted by Crippen LogP contribution is -2.21. The van der Waals surface area contributed by atoms with Gasteiger partial charge in [-0.25, -0.2) is 9.97 Å². The number of benzene rings is 3. The SMILES string of the molecule is C[C@@H](NCCCn1cnc2c(OCc3ccccc3)ncnc21)c1cccc2ccccc12. The van der Waals surface area contributed by atoms with E-state index in [1.807, 2.05) is 36.7 Å². The van der Waals surface area contributed by atoms with Crippen LogP contribution in [0.3, 0.4) is 0 Å². The number of nitrogens with one attached hydrogen (secondary N) is 1. The van der Waals surface area contributed by atoms with Crippen molar-refractivity contribution in [2.24, 2.45) is 0 Å². The molecular formula is C27H27N5O. The predicted molar refractivity (Wildman–Crippen MR) is 131 cm³/mol. The first-order valence-corrected chi connectivity index (χ1v) is 11.3. The van der Waals surface area contributed by atoms with Crippen LogP contribution in [-0.4, -0.2) is 26.1 Å². The minimum absolute atomic E-state index is 0.274. The largest absolute Gasteiger partial charge is 0.471 e. The van der Waals surface area contributed by atoms with E-state index in [1.54, 1.807) is 6.33 Å². The summed E-state index contributed by atoms with van der Waals surface area (Å²) >= 11 is 0. The average Bonchev–Trinajstić information content (AvgIpc) is 3.29. The monoisotopic (exact) mass is 437 g/mol. The zero-order chi connectivity index (χ0) is 22.5. The molecule has 5 aromatic rings. The van der Waals surface area contributed by atoms with Crippen molar-refractivity contribution in [1.29, 1.82) is 0 Å². The molecule has 33 heavy (non-hydrogen) atoms. The number of fused-ring (bicyclic) bond motifs is 2. The van der Waals surface area contributed by atoms with E-state index in [0.717, 1.165) is 30.7 Å².